The van der Waals surface area contributed by atoms with Crippen LogP contribution >= 0.6 is 11.7 Å². The fourth-order valence-electron chi connectivity index (χ4n) is 2.69. The summed E-state index contributed by atoms with van der Waals surface area (Å²) >= 11 is 1.12. The first-order valence-electron chi connectivity index (χ1n) is 5.37. The fourth-order valence-corrected chi connectivity index (χ4v) is 3.23. The van der Waals surface area contributed by atoms with Crippen molar-refractivity contribution in [1.82, 2.24) is 13.6 Å². The maximum atomic E-state index is 12.1. The van der Waals surface area contributed by atoms with Crippen molar-refractivity contribution in [2.45, 2.75) is 32.2 Å². The molecule has 0 bridgehead atoms. The number of carbonyl (C=O) groups is 1. The number of aromatic nitrogens is 2. The normalized spacial score (nSPS) is 28.7. The van der Waals surface area contributed by atoms with Crippen molar-refractivity contribution in [1.29, 1.82) is 0 Å². The van der Waals surface area contributed by atoms with E-state index in [-0.39, 0.29) is 5.91 Å². The van der Waals surface area contributed by atoms with Crippen molar-refractivity contribution in [3.8, 4) is 0 Å². The molecule has 0 radical (unpaired) electrons. The summed E-state index contributed by atoms with van der Waals surface area (Å²) in [6, 6.07) is 0.499. The van der Waals surface area contributed by atoms with E-state index in [1.807, 2.05) is 11.8 Å². The van der Waals surface area contributed by atoms with E-state index in [1.54, 1.807) is 0 Å². The lowest BCUT2D eigenvalue weighted by atomic mass is 9.91. The maximum absolute atomic E-state index is 12.1. The van der Waals surface area contributed by atoms with Gasteiger partial charge in [-0.25, -0.2) is 0 Å². The highest BCUT2D eigenvalue weighted by molar-refractivity contribution is 6.99. The third-order valence-electron chi connectivity index (χ3n) is 3.57. The molecular weight excluding hydrogens is 210 g/mol. The largest absolute Gasteiger partial charge is 0.334 e. The molecule has 2 atom stereocenters. The number of carbonyl (C=O) groups excluding carboxylic acids is 1. The van der Waals surface area contributed by atoms with Gasteiger partial charge in [0.2, 0.25) is 0 Å². The molecule has 0 spiro atoms. The molecule has 2 fully saturated rings. The molecule has 1 saturated heterocycles. The average molecular weight is 223 g/mol. The van der Waals surface area contributed by atoms with E-state index >= 15 is 0 Å². The van der Waals surface area contributed by atoms with Gasteiger partial charge in [-0.05, 0) is 25.7 Å². The summed E-state index contributed by atoms with van der Waals surface area (Å²) in [6.45, 7) is 2.78. The van der Waals surface area contributed by atoms with Gasteiger partial charge in [-0.3, -0.25) is 4.79 Å². The Hall–Kier alpha value is -0.970. The maximum Gasteiger partial charge on any atom is 0.275 e. The van der Waals surface area contributed by atoms with Crippen molar-refractivity contribution >= 4 is 17.6 Å². The minimum absolute atomic E-state index is 0.0874. The first-order chi connectivity index (χ1) is 7.27. The Labute approximate surface area is 92.6 Å². The second kappa shape index (κ2) is 3.27. The van der Waals surface area contributed by atoms with E-state index in [4.69, 9.17) is 0 Å². The Morgan fingerprint density at radius 3 is 3.00 bits per heavy atom. The number of fused-ring (bicyclic) bond motifs is 1. The first kappa shape index (κ1) is 9.27. The molecule has 2 aliphatic rings. The molecule has 1 amide bonds. The van der Waals surface area contributed by atoms with Crippen LogP contribution in [0.2, 0.25) is 0 Å². The molecule has 5 heteroatoms. The number of likely N-dealkylation sites (tertiary alicyclic amines) is 1. The first-order valence-corrected chi connectivity index (χ1v) is 6.10. The standard InChI is InChI=1S/C10H13N3OS/c1-6-9(12-15-11-6)10(14)13-5-7-3-2-4-8(7)13/h7-8H,2-5H2,1H3/t7-,8-/m0/s1. The highest BCUT2D eigenvalue weighted by Gasteiger charge is 2.45. The Bertz CT molecular complexity index is 403. The van der Waals surface area contributed by atoms with Crippen LogP contribution in [0.15, 0.2) is 0 Å². The van der Waals surface area contributed by atoms with Crippen molar-refractivity contribution in [2.24, 2.45) is 5.92 Å². The van der Waals surface area contributed by atoms with Gasteiger partial charge in [-0.15, -0.1) is 0 Å². The Kier molecular flexibility index (Phi) is 2.02. The van der Waals surface area contributed by atoms with Gasteiger partial charge in [0.25, 0.3) is 5.91 Å². The Morgan fingerprint density at radius 2 is 2.33 bits per heavy atom. The molecule has 2 heterocycles. The molecule has 1 aliphatic heterocycles. The fraction of sp³-hybridized carbons (Fsp3) is 0.700. The highest BCUT2D eigenvalue weighted by Crippen LogP contribution is 2.39. The molecule has 0 N–H and O–H groups in total. The van der Waals surface area contributed by atoms with Crippen LogP contribution in [0.25, 0.3) is 0 Å². The Morgan fingerprint density at radius 1 is 1.47 bits per heavy atom. The lowest BCUT2D eigenvalue weighted by Gasteiger charge is -2.44. The average Bonchev–Trinajstić information content (AvgIpc) is 2.74. The van der Waals surface area contributed by atoms with Crippen LogP contribution in [-0.4, -0.2) is 32.1 Å². The zero-order valence-corrected chi connectivity index (χ0v) is 9.46. The van der Waals surface area contributed by atoms with E-state index < -0.39 is 0 Å². The smallest absolute Gasteiger partial charge is 0.275 e. The number of hydrogen-bond donors (Lipinski definition) is 0. The van der Waals surface area contributed by atoms with Crippen molar-refractivity contribution in [2.75, 3.05) is 6.54 Å². The lowest BCUT2D eigenvalue weighted by molar-refractivity contribution is 0.0264. The third-order valence-corrected chi connectivity index (χ3v) is 4.19. The number of amides is 1. The quantitative estimate of drug-likeness (QED) is 0.724. The summed E-state index contributed by atoms with van der Waals surface area (Å²) in [5, 5.41) is 0. The summed E-state index contributed by atoms with van der Waals surface area (Å²) in [5.41, 5.74) is 1.33. The van der Waals surface area contributed by atoms with Gasteiger partial charge in [0.15, 0.2) is 5.69 Å². The zero-order valence-electron chi connectivity index (χ0n) is 8.64. The third kappa shape index (κ3) is 1.29. The second-order valence-corrected chi connectivity index (χ2v) is 4.94. The SMILES string of the molecule is Cc1nsnc1C(=O)N1C[C@@H]2CCC[C@@H]21. The van der Waals surface area contributed by atoms with Gasteiger partial charge in [0, 0.05) is 12.6 Å². The summed E-state index contributed by atoms with van der Waals surface area (Å²) in [5.74, 6) is 0.852. The minimum Gasteiger partial charge on any atom is -0.334 e. The number of nitrogens with zero attached hydrogens (tertiary/aromatic N) is 3. The van der Waals surface area contributed by atoms with Crippen molar-refractivity contribution in [3.05, 3.63) is 11.4 Å². The van der Waals surface area contributed by atoms with Gasteiger partial charge in [0.1, 0.15) is 0 Å². The van der Waals surface area contributed by atoms with Crippen LogP contribution < -0.4 is 0 Å². The lowest BCUT2D eigenvalue weighted by Crippen LogP contribution is -2.56. The molecule has 3 rings (SSSR count). The van der Waals surface area contributed by atoms with Crippen LogP contribution in [0.5, 0.6) is 0 Å². The number of rotatable bonds is 1. The summed E-state index contributed by atoms with van der Waals surface area (Å²) < 4.78 is 8.12. The monoisotopic (exact) mass is 223 g/mol. The number of hydrogen-bond acceptors (Lipinski definition) is 4. The highest BCUT2D eigenvalue weighted by atomic mass is 32.1. The van der Waals surface area contributed by atoms with Gasteiger partial charge >= 0.3 is 0 Å². The number of aryl methyl sites for hydroxylation is 1. The van der Waals surface area contributed by atoms with Gasteiger partial charge < -0.3 is 4.90 Å². The van der Waals surface area contributed by atoms with Gasteiger partial charge in [-0.1, -0.05) is 6.42 Å². The van der Waals surface area contributed by atoms with E-state index in [2.05, 4.69) is 8.75 Å². The second-order valence-electron chi connectivity index (χ2n) is 4.41. The molecule has 0 unspecified atom stereocenters. The van der Waals surface area contributed by atoms with Crippen LogP contribution in [-0.2, 0) is 0 Å². The molecule has 1 saturated carbocycles. The molecule has 4 nitrogen and oxygen atoms in total. The molecule has 1 aromatic rings. The minimum atomic E-state index is 0.0874. The van der Waals surface area contributed by atoms with Crippen LogP contribution in [0, 0.1) is 12.8 Å². The molecule has 1 aromatic heterocycles. The van der Waals surface area contributed by atoms with E-state index in [1.165, 1.54) is 19.3 Å². The predicted molar refractivity (Wildman–Crippen MR) is 56.8 cm³/mol. The summed E-state index contributed by atoms with van der Waals surface area (Å²) in [7, 11) is 0. The van der Waals surface area contributed by atoms with Crippen molar-refractivity contribution in [3.63, 3.8) is 0 Å². The van der Waals surface area contributed by atoms with E-state index in [0.29, 0.717) is 11.7 Å². The van der Waals surface area contributed by atoms with E-state index in [9.17, 15) is 4.79 Å². The molecule has 15 heavy (non-hydrogen) atoms. The van der Waals surface area contributed by atoms with E-state index in [0.717, 1.165) is 29.9 Å². The summed E-state index contributed by atoms with van der Waals surface area (Å²) in [4.78, 5) is 14.1. The Balaban J connectivity index is 1.79. The van der Waals surface area contributed by atoms with Crippen LogP contribution in [0.4, 0.5) is 0 Å². The molecule has 0 aromatic carbocycles. The molecule has 1 aliphatic carbocycles. The van der Waals surface area contributed by atoms with Crippen molar-refractivity contribution < 1.29 is 4.79 Å². The van der Waals surface area contributed by atoms with Crippen LogP contribution in [0.3, 0.4) is 0 Å². The zero-order chi connectivity index (χ0) is 10.4. The molecular formula is C10H13N3OS. The van der Waals surface area contributed by atoms with Gasteiger partial charge in [-0.2, -0.15) is 8.75 Å². The molecule has 80 valence electrons. The predicted octanol–water partition coefficient (Wildman–Crippen LogP) is 1.47. The topological polar surface area (TPSA) is 46.1 Å². The van der Waals surface area contributed by atoms with Gasteiger partial charge in [0.05, 0.1) is 17.4 Å². The summed E-state index contributed by atoms with van der Waals surface area (Å²) in [6.07, 6.45) is 3.74. The van der Waals surface area contributed by atoms with Crippen LogP contribution in [0.1, 0.15) is 35.4 Å².